The first-order valence-corrected chi connectivity index (χ1v) is 13.0. The quantitative estimate of drug-likeness (QED) is 0.376. The summed E-state index contributed by atoms with van der Waals surface area (Å²) in [5, 5.41) is 0. The first kappa shape index (κ1) is 21.0. The van der Waals surface area contributed by atoms with Crippen molar-refractivity contribution >= 4 is 16.4 Å². The fourth-order valence-corrected chi connectivity index (χ4v) is 9.48. The van der Waals surface area contributed by atoms with Crippen molar-refractivity contribution in [2.24, 2.45) is 0 Å². The highest BCUT2D eigenvalue weighted by atomic mass is 127. The number of halogens is 4. The molecular formula is C16H20F3IO4S. The Morgan fingerprint density at radius 3 is 2.28 bits per heavy atom. The molecule has 0 fully saturated rings. The van der Waals surface area contributed by atoms with Gasteiger partial charge in [-0.25, -0.2) is 0 Å². The highest BCUT2D eigenvalue weighted by Gasteiger charge is 2.67. The molecule has 1 unspecified atom stereocenters. The summed E-state index contributed by atoms with van der Waals surface area (Å²) in [6.07, 6.45) is 5.53. The van der Waals surface area contributed by atoms with Gasteiger partial charge in [0, 0.05) is 9.80 Å². The van der Waals surface area contributed by atoms with Crippen molar-refractivity contribution < 1.29 is 46.1 Å². The van der Waals surface area contributed by atoms with Gasteiger partial charge in [-0.2, -0.15) is 13.2 Å². The second-order valence-corrected chi connectivity index (χ2v) is 11.7. The molecule has 0 N–H and O–H groups in total. The molecule has 0 saturated heterocycles. The van der Waals surface area contributed by atoms with Gasteiger partial charge < -0.3 is 0 Å². The number of benzene rings is 1. The third kappa shape index (κ3) is 4.69. The fourth-order valence-electron chi connectivity index (χ4n) is 2.88. The van der Waals surface area contributed by atoms with Crippen molar-refractivity contribution in [2.75, 3.05) is 0 Å². The summed E-state index contributed by atoms with van der Waals surface area (Å²) in [7, 11) is -4.32. The van der Waals surface area contributed by atoms with Crippen molar-refractivity contribution in [1.82, 2.24) is 0 Å². The Labute approximate surface area is 152 Å². The Bertz CT molecular complexity index is 631. The lowest BCUT2D eigenvalue weighted by Crippen LogP contribution is -4.23. The largest absolute Gasteiger partial charge is 0.466 e. The van der Waals surface area contributed by atoms with Gasteiger partial charge >= 0.3 is 25.6 Å². The third-order valence-electron chi connectivity index (χ3n) is 3.94. The highest BCUT2D eigenvalue weighted by Crippen LogP contribution is 2.76. The molecule has 0 spiro atoms. The number of hydrogen-bond acceptors (Lipinski definition) is 4. The molecule has 0 bridgehead atoms. The van der Waals surface area contributed by atoms with Crippen LogP contribution in [0.2, 0.25) is 0 Å². The molecule has 1 aliphatic rings. The van der Waals surface area contributed by atoms with Gasteiger partial charge in [0.1, 0.15) is 10.3 Å². The minimum atomic E-state index is -6.60. The Morgan fingerprint density at radius 2 is 1.68 bits per heavy atom. The van der Waals surface area contributed by atoms with Crippen molar-refractivity contribution in [3.8, 4) is 0 Å². The van der Waals surface area contributed by atoms with Gasteiger partial charge in [-0.3, -0.25) is 10.3 Å². The van der Waals surface area contributed by atoms with Gasteiger partial charge in [-0.1, -0.05) is 50.8 Å². The molecule has 1 atom stereocenters. The van der Waals surface area contributed by atoms with Crippen LogP contribution in [0.4, 0.5) is 13.2 Å². The van der Waals surface area contributed by atoms with Gasteiger partial charge in [-0.05, 0) is 30.5 Å². The Balaban J connectivity index is 2.38. The maximum atomic E-state index is 14.0. The molecule has 25 heavy (non-hydrogen) atoms. The van der Waals surface area contributed by atoms with Crippen LogP contribution in [-0.4, -0.2) is 5.51 Å². The van der Waals surface area contributed by atoms with Gasteiger partial charge in [0.2, 0.25) is 0 Å². The summed E-state index contributed by atoms with van der Waals surface area (Å²) in [5.74, 6) is 0. The zero-order valence-electron chi connectivity index (χ0n) is 13.7. The third-order valence-corrected chi connectivity index (χ3v) is 9.92. The second-order valence-electron chi connectivity index (χ2n) is 5.76. The summed E-state index contributed by atoms with van der Waals surface area (Å²) in [4.78, 5) is -0.380. The van der Waals surface area contributed by atoms with Crippen LogP contribution in [0, 0.1) is 0 Å². The van der Waals surface area contributed by atoms with E-state index >= 15 is 0 Å². The maximum Gasteiger partial charge on any atom is 0.466 e. The molecule has 0 aliphatic carbocycles. The Morgan fingerprint density at radius 1 is 1.04 bits per heavy atom. The first-order valence-electron chi connectivity index (χ1n) is 7.93. The minimum Gasteiger partial charge on any atom is -0.254 e. The van der Waals surface area contributed by atoms with E-state index in [0.717, 1.165) is 25.7 Å². The average Bonchev–Trinajstić information content (AvgIpc) is 2.80. The first-order chi connectivity index (χ1) is 11.6. The zero-order valence-corrected chi connectivity index (χ0v) is 16.7. The molecule has 1 aromatic carbocycles. The van der Waals surface area contributed by atoms with Crippen LogP contribution >= 0.6 is 10.3 Å². The molecule has 0 saturated carbocycles. The van der Waals surface area contributed by atoms with E-state index in [1.165, 1.54) is 24.3 Å². The summed E-state index contributed by atoms with van der Waals surface area (Å²) in [5.41, 5.74) is -4.70. The molecule has 2 rings (SSSR count). The average molecular weight is 492 g/mol. The van der Waals surface area contributed by atoms with Gasteiger partial charge in [0.05, 0.1) is 2.51 Å². The molecule has 142 valence electrons. The number of rotatable bonds is 8. The van der Waals surface area contributed by atoms with E-state index in [2.05, 4.69) is 2.51 Å². The Hall–Kier alpha value is -0.330. The smallest absolute Gasteiger partial charge is 0.254 e. The number of unbranched alkanes of at least 4 members (excludes halogenated alkanes) is 4. The van der Waals surface area contributed by atoms with Crippen LogP contribution in [0.1, 0.15) is 51.0 Å². The monoisotopic (exact) mass is 492 g/mol. The summed E-state index contributed by atoms with van der Waals surface area (Å²) in [6, 6.07) is 5.64. The van der Waals surface area contributed by atoms with E-state index in [9.17, 15) is 23.5 Å². The number of hydrogen-bond donors (Lipinski definition) is 0. The molecule has 9 heteroatoms. The SMILES string of the molecule is CCCCCCCC1=Cc2ccccc2S1(O[I+3]([O-])([O-])[O-])C(F)(F)F. The fraction of sp³-hybridized carbons (Fsp3) is 0.500. The van der Waals surface area contributed by atoms with E-state index in [0.29, 0.717) is 6.42 Å². The lowest BCUT2D eigenvalue weighted by molar-refractivity contribution is -1.91. The van der Waals surface area contributed by atoms with Crippen LogP contribution in [0.25, 0.3) is 6.08 Å². The molecule has 0 amide bonds. The van der Waals surface area contributed by atoms with E-state index in [1.807, 2.05) is 6.92 Å². The predicted octanol–water partition coefficient (Wildman–Crippen LogP) is -0.0822. The number of allylic oxidation sites excluding steroid dienone is 1. The van der Waals surface area contributed by atoms with E-state index in [1.54, 1.807) is 6.07 Å². The highest BCUT2D eigenvalue weighted by molar-refractivity contribution is 8.34. The molecule has 1 aromatic rings. The van der Waals surface area contributed by atoms with E-state index in [-0.39, 0.29) is 21.8 Å². The van der Waals surface area contributed by atoms with Crippen LogP contribution in [-0.2, 0) is 2.51 Å². The summed E-state index contributed by atoms with van der Waals surface area (Å²) in [6.45, 7) is 2.03. The lowest BCUT2D eigenvalue weighted by Gasteiger charge is -2.34. The molecule has 0 aromatic heterocycles. The molecular weight excluding hydrogens is 472 g/mol. The summed E-state index contributed by atoms with van der Waals surface area (Å²) >= 11 is -6.60. The zero-order chi connectivity index (χ0) is 18.7. The van der Waals surface area contributed by atoms with Gasteiger partial charge in [-0.15, -0.1) is 0 Å². The van der Waals surface area contributed by atoms with Crippen LogP contribution < -0.4 is 30.4 Å². The summed E-state index contributed by atoms with van der Waals surface area (Å²) < 4.78 is 80.0. The van der Waals surface area contributed by atoms with Crippen molar-refractivity contribution in [2.45, 2.75) is 55.9 Å². The van der Waals surface area contributed by atoms with Crippen molar-refractivity contribution in [3.05, 3.63) is 34.7 Å². The topological polar surface area (TPSA) is 78.4 Å². The maximum absolute atomic E-state index is 14.0. The number of fused-ring (bicyclic) bond motifs is 1. The minimum absolute atomic E-state index is 0.0599. The molecule has 1 aliphatic heterocycles. The van der Waals surface area contributed by atoms with Crippen molar-refractivity contribution in [3.63, 3.8) is 0 Å². The standard InChI is InChI=1S/C16H20F3IO4S/c1-2-3-4-5-6-10-14-12-13-9-7-8-11-15(13)25(14,16(17,18)19)24-20(21,22)23/h7-9,11-12H,2-6,10H2,1H3. The lowest BCUT2D eigenvalue weighted by atomic mass is 10.1. The molecule has 0 radical (unpaired) electrons. The second kappa shape index (κ2) is 8.13. The van der Waals surface area contributed by atoms with E-state index < -0.39 is 35.9 Å². The Kier molecular flexibility index (Phi) is 6.83. The van der Waals surface area contributed by atoms with Crippen LogP contribution in [0.3, 0.4) is 0 Å². The van der Waals surface area contributed by atoms with E-state index in [4.69, 9.17) is 0 Å². The number of alkyl halides is 3. The van der Waals surface area contributed by atoms with Gasteiger partial charge in [0.15, 0.2) is 0 Å². The van der Waals surface area contributed by atoms with Crippen molar-refractivity contribution in [1.29, 1.82) is 0 Å². The van der Waals surface area contributed by atoms with Crippen LogP contribution in [0.15, 0.2) is 34.1 Å². The van der Waals surface area contributed by atoms with Gasteiger partial charge in [0.25, 0.3) is 0 Å². The predicted molar refractivity (Wildman–Crippen MR) is 80.8 cm³/mol. The normalized spacial score (nSPS) is 23.1. The molecule has 1 heterocycles. The van der Waals surface area contributed by atoms with Crippen LogP contribution in [0.5, 0.6) is 0 Å². The molecule has 4 nitrogen and oxygen atoms in total.